The minimum atomic E-state index is -1.33. The van der Waals surface area contributed by atoms with Gasteiger partial charge in [-0.25, -0.2) is 4.39 Å². The number of halogens is 2. The second kappa shape index (κ2) is 7.21. The highest BCUT2D eigenvalue weighted by atomic mass is 35.5. The number of aromatic nitrogens is 2. The van der Waals surface area contributed by atoms with E-state index in [-0.39, 0.29) is 10.7 Å². The van der Waals surface area contributed by atoms with Gasteiger partial charge >= 0.3 is 0 Å². The topological polar surface area (TPSA) is 80.2 Å². The minimum absolute atomic E-state index is 0.128. The molecule has 0 bridgehead atoms. The molecule has 1 aliphatic rings. The lowest BCUT2D eigenvalue weighted by atomic mass is 9.86. The summed E-state index contributed by atoms with van der Waals surface area (Å²) in [6, 6.07) is 10.5. The zero-order valence-corrected chi connectivity index (χ0v) is 15.7. The fraction of sp³-hybridized carbons (Fsp3) is 0.105. The van der Waals surface area contributed by atoms with Gasteiger partial charge in [0.05, 0.1) is 6.04 Å². The van der Waals surface area contributed by atoms with Gasteiger partial charge in [-0.15, -0.1) is 10.2 Å². The van der Waals surface area contributed by atoms with E-state index in [4.69, 9.17) is 11.6 Å². The second-order valence-corrected chi connectivity index (χ2v) is 7.29. The predicted molar refractivity (Wildman–Crippen MR) is 101 cm³/mol. The third-order valence-electron chi connectivity index (χ3n) is 4.50. The molecule has 6 nitrogen and oxygen atoms in total. The van der Waals surface area contributed by atoms with E-state index in [1.54, 1.807) is 24.3 Å². The molecule has 3 aromatic rings. The molecule has 0 saturated carbocycles. The van der Waals surface area contributed by atoms with Gasteiger partial charge < -0.3 is 0 Å². The van der Waals surface area contributed by atoms with E-state index >= 15 is 0 Å². The molecule has 1 saturated heterocycles. The highest BCUT2D eigenvalue weighted by Crippen LogP contribution is 2.43. The Hall–Kier alpha value is -2.97. The Kier molecular flexibility index (Phi) is 4.74. The molecule has 4 rings (SSSR count). The van der Waals surface area contributed by atoms with Crippen LogP contribution in [0, 0.1) is 11.7 Å². The quantitative estimate of drug-likeness (QED) is 0.370. The first kappa shape index (κ1) is 18.4. The molecule has 9 heteroatoms. The van der Waals surface area contributed by atoms with E-state index in [1.165, 1.54) is 17.6 Å². The van der Waals surface area contributed by atoms with E-state index in [0.29, 0.717) is 10.6 Å². The summed E-state index contributed by atoms with van der Waals surface area (Å²) >= 11 is 7.39. The summed E-state index contributed by atoms with van der Waals surface area (Å²) in [5.74, 6) is -4.16. The number of ketones is 2. The Balaban J connectivity index is 1.86. The summed E-state index contributed by atoms with van der Waals surface area (Å²) in [5, 5.41) is 8.10. The van der Waals surface area contributed by atoms with Gasteiger partial charge in [0.25, 0.3) is 5.91 Å². The Labute approximate surface area is 167 Å². The van der Waals surface area contributed by atoms with Crippen molar-refractivity contribution in [1.29, 1.82) is 0 Å². The molecule has 2 atom stereocenters. The van der Waals surface area contributed by atoms with Crippen LogP contribution < -0.4 is 4.90 Å². The van der Waals surface area contributed by atoms with Gasteiger partial charge in [0.2, 0.25) is 10.9 Å². The Bertz CT molecular complexity index is 1070. The van der Waals surface area contributed by atoms with E-state index in [0.717, 1.165) is 28.4 Å². The zero-order chi connectivity index (χ0) is 19.8. The molecule has 0 aliphatic carbocycles. The highest BCUT2D eigenvalue weighted by Gasteiger charge is 2.53. The molecule has 2 heterocycles. The number of Topliss-reactive ketones (excluding diaryl/α,β-unsaturated/α-hetero) is 2. The van der Waals surface area contributed by atoms with Gasteiger partial charge in [0.15, 0.2) is 5.78 Å². The van der Waals surface area contributed by atoms with Crippen LogP contribution in [0.15, 0.2) is 54.0 Å². The summed E-state index contributed by atoms with van der Waals surface area (Å²) in [6.45, 7) is 0. The number of hydrogen-bond donors (Lipinski definition) is 0. The summed E-state index contributed by atoms with van der Waals surface area (Å²) in [4.78, 5) is 39.9. The van der Waals surface area contributed by atoms with Crippen molar-refractivity contribution >= 4 is 45.5 Å². The van der Waals surface area contributed by atoms with Crippen molar-refractivity contribution in [3.8, 4) is 0 Å². The van der Waals surface area contributed by atoms with Crippen molar-refractivity contribution in [3.63, 3.8) is 0 Å². The SMILES string of the molecule is O=C1C(=O)N(c2nncs2)C(c2ccccc2Cl)C1C(=O)c1ccc(F)cc1. The molecule has 2 unspecified atom stereocenters. The van der Waals surface area contributed by atoms with E-state index < -0.39 is 35.3 Å². The van der Waals surface area contributed by atoms with Crippen molar-refractivity contribution in [2.75, 3.05) is 4.90 Å². The fourth-order valence-electron chi connectivity index (χ4n) is 3.24. The van der Waals surface area contributed by atoms with Gasteiger partial charge in [0, 0.05) is 10.6 Å². The van der Waals surface area contributed by atoms with Crippen molar-refractivity contribution in [3.05, 3.63) is 76.0 Å². The van der Waals surface area contributed by atoms with E-state index in [2.05, 4.69) is 10.2 Å². The van der Waals surface area contributed by atoms with Crippen molar-refractivity contribution in [2.24, 2.45) is 5.92 Å². The van der Waals surface area contributed by atoms with Gasteiger partial charge in [-0.1, -0.05) is 41.1 Å². The number of benzene rings is 2. The van der Waals surface area contributed by atoms with Crippen LogP contribution in [-0.4, -0.2) is 27.7 Å². The van der Waals surface area contributed by atoms with Crippen LogP contribution in [0.4, 0.5) is 9.52 Å². The summed E-state index contributed by atoms with van der Waals surface area (Å²) in [5.41, 5.74) is 1.99. The van der Waals surface area contributed by atoms with Gasteiger partial charge in [-0.05, 0) is 35.9 Å². The molecular formula is C19H11ClFN3O3S. The summed E-state index contributed by atoms with van der Waals surface area (Å²) in [6.07, 6.45) is 0. The van der Waals surface area contributed by atoms with Crippen molar-refractivity contribution in [2.45, 2.75) is 6.04 Å². The molecule has 0 radical (unpaired) electrons. The predicted octanol–water partition coefficient (Wildman–Crippen LogP) is 3.49. The summed E-state index contributed by atoms with van der Waals surface area (Å²) in [7, 11) is 0. The lowest BCUT2D eigenvalue weighted by Crippen LogP contribution is -2.30. The number of hydrogen-bond acceptors (Lipinski definition) is 6. The normalized spacial score (nSPS) is 19.3. The Morgan fingerprint density at radius 1 is 1.11 bits per heavy atom. The monoisotopic (exact) mass is 415 g/mol. The Morgan fingerprint density at radius 3 is 2.46 bits per heavy atom. The number of anilines is 1. The number of rotatable bonds is 4. The molecule has 1 aliphatic heterocycles. The molecule has 140 valence electrons. The first-order chi connectivity index (χ1) is 13.5. The molecule has 1 fully saturated rings. The fourth-order valence-corrected chi connectivity index (χ4v) is 4.08. The number of carbonyl (C=O) groups excluding carboxylic acids is 3. The van der Waals surface area contributed by atoms with E-state index in [1.807, 2.05) is 0 Å². The van der Waals surface area contributed by atoms with Gasteiger partial charge in [-0.2, -0.15) is 0 Å². The van der Waals surface area contributed by atoms with Crippen LogP contribution in [0.2, 0.25) is 5.02 Å². The largest absolute Gasteiger partial charge is 0.297 e. The smallest absolute Gasteiger partial charge is 0.293 e. The maximum atomic E-state index is 13.2. The van der Waals surface area contributed by atoms with Gasteiger partial charge in [0.1, 0.15) is 17.2 Å². The third-order valence-corrected chi connectivity index (χ3v) is 5.53. The molecular weight excluding hydrogens is 405 g/mol. The van der Waals surface area contributed by atoms with Crippen LogP contribution >= 0.6 is 22.9 Å². The molecule has 1 amide bonds. The molecule has 0 N–H and O–H groups in total. The van der Waals surface area contributed by atoms with E-state index in [9.17, 15) is 18.8 Å². The van der Waals surface area contributed by atoms with Gasteiger partial charge in [-0.3, -0.25) is 19.3 Å². The van der Waals surface area contributed by atoms with Crippen LogP contribution in [0.5, 0.6) is 0 Å². The lowest BCUT2D eigenvalue weighted by molar-refractivity contribution is -0.135. The number of amides is 1. The minimum Gasteiger partial charge on any atom is -0.293 e. The third kappa shape index (κ3) is 3.00. The molecule has 0 spiro atoms. The van der Waals surface area contributed by atoms with Crippen LogP contribution in [-0.2, 0) is 9.59 Å². The average molecular weight is 416 g/mol. The Morgan fingerprint density at radius 2 is 1.82 bits per heavy atom. The molecule has 2 aromatic carbocycles. The van der Waals surface area contributed by atoms with Crippen LogP contribution in [0.1, 0.15) is 22.0 Å². The standard InChI is InChI=1S/C19H11ClFN3O3S/c20-13-4-2-1-3-12(13)15-14(16(25)10-5-7-11(21)8-6-10)17(26)18(27)24(15)19-23-22-9-28-19/h1-9,14-15H. The lowest BCUT2D eigenvalue weighted by Gasteiger charge is -2.25. The highest BCUT2D eigenvalue weighted by molar-refractivity contribution is 7.13. The maximum Gasteiger partial charge on any atom is 0.297 e. The van der Waals surface area contributed by atoms with Crippen molar-refractivity contribution in [1.82, 2.24) is 10.2 Å². The average Bonchev–Trinajstić information content (AvgIpc) is 3.30. The number of nitrogens with zero attached hydrogens (tertiary/aromatic N) is 3. The first-order valence-electron chi connectivity index (χ1n) is 8.17. The molecule has 28 heavy (non-hydrogen) atoms. The zero-order valence-electron chi connectivity index (χ0n) is 14.1. The van der Waals surface area contributed by atoms with Crippen molar-refractivity contribution < 1.29 is 18.8 Å². The first-order valence-corrected chi connectivity index (χ1v) is 9.42. The van der Waals surface area contributed by atoms with Crippen LogP contribution in [0.3, 0.4) is 0 Å². The summed E-state index contributed by atoms with van der Waals surface area (Å²) < 4.78 is 13.2. The number of carbonyl (C=O) groups is 3. The van der Waals surface area contributed by atoms with Crippen LogP contribution in [0.25, 0.3) is 0 Å². The second-order valence-electron chi connectivity index (χ2n) is 6.08. The molecule has 1 aromatic heterocycles. The maximum absolute atomic E-state index is 13.2.